The van der Waals surface area contributed by atoms with Crippen LogP contribution >= 0.6 is 11.6 Å². The number of hydrogen-bond acceptors (Lipinski definition) is 4. The summed E-state index contributed by atoms with van der Waals surface area (Å²) in [4.78, 5) is 16.2. The zero-order valence-corrected chi connectivity index (χ0v) is 15.8. The first-order valence-corrected chi connectivity index (χ1v) is 8.58. The highest BCUT2D eigenvalue weighted by Crippen LogP contribution is 2.30. The molecule has 1 aromatic carbocycles. The van der Waals surface area contributed by atoms with E-state index < -0.39 is 24.3 Å². The van der Waals surface area contributed by atoms with Gasteiger partial charge >= 0.3 is 12.8 Å². The number of benzene rings is 1. The second-order valence-corrected chi connectivity index (χ2v) is 6.34. The highest BCUT2D eigenvalue weighted by molar-refractivity contribution is 6.32. The summed E-state index contributed by atoms with van der Waals surface area (Å²) < 4.78 is 68.0. The number of aromatic nitrogens is 3. The van der Waals surface area contributed by atoms with E-state index in [1.165, 1.54) is 36.0 Å². The molecule has 0 saturated heterocycles. The monoisotopic (exact) mass is 446 g/mol. The van der Waals surface area contributed by atoms with Gasteiger partial charge < -0.3 is 10.1 Å². The second kappa shape index (κ2) is 8.27. The Bertz CT molecular complexity index is 1070. The third-order valence-corrected chi connectivity index (χ3v) is 4.25. The first kappa shape index (κ1) is 21.5. The molecule has 0 atom stereocenters. The minimum absolute atomic E-state index is 0.0936. The fraction of sp³-hybridized carbons (Fsp3) is 0.167. The van der Waals surface area contributed by atoms with Crippen LogP contribution in [0, 0.1) is 6.92 Å². The average molecular weight is 447 g/mol. The molecule has 0 aliphatic rings. The van der Waals surface area contributed by atoms with E-state index in [-0.39, 0.29) is 27.8 Å². The Kier molecular flexibility index (Phi) is 5.92. The van der Waals surface area contributed by atoms with Crippen molar-refractivity contribution >= 4 is 23.2 Å². The van der Waals surface area contributed by atoms with E-state index in [4.69, 9.17) is 11.6 Å². The Morgan fingerprint density at radius 3 is 2.50 bits per heavy atom. The van der Waals surface area contributed by atoms with Crippen molar-refractivity contribution in [2.24, 2.45) is 0 Å². The zero-order valence-electron chi connectivity index (χ0n) is 15.0. The number of halogens is 6. The quantitative estimate of drug-likeness (QED) is 0.553. The lowest BCUT2D eigenvalue weighted by molar-refractivity contribution is -0.137. The third-order valence-electron chi connectivity index (χ3n) is 3.95. The van der Waals surface area contributed by atoms with Gasteiger partial charge in [0.25, 0.3) is 5.91 Å². The summed E-state index contributed by atoms with van der Waals surface area (Å²) in [6.07, 6.45) is -2.63. The molecule has 0 bridgehead atoms. The molecule has 158 valence electrons. The summed E-state index contributed by atoms with van der Waals surface area (Å²) >= 11 is 5.85. The van der Waals surface area contributed by atoms with Crippen LogP contribution in [0.2, 0.25) is 5.02 Å². The van der Waals surface area contributed by atoms with Gasteiger partial charge in [0.05, 0.1) is 28.0 Å². The molecule has 0 aliphatic carbocycles. The number of nitrogens with one attached hydrogen (secondary N) is 1. The van der Waals surface area contributed by atoms with Crippen LogP contribution in [0.25, 0.3) is 5.82 Å². The molecule has 0 unspecified atom stereocenters. The van der Waals surface area contributed by atoms with E-state index in [1.807, 2.05) is 0 Å². The van der Waals surface area contributed by atoms with Crippen molar-refractivity contribution in [3.63, 3.8) is 0 Å². The number of carbonyl (C=O) groups excluding carboxylic acids is 1. The Hall–Kier alpha value is -3.21. The van der Waals surface area contributed by atoms with Crippen LogP contribution in [-0.4, -0.2) is 27.3 Å². The number of rotatable bonds is 5. The maximum atomic E-state index is 12.7. The molecule has 0 spiro atoms. The van der Waals surface area contributed by atoms with E-state index in [0.29, 0.717) is 11.9 Å². The highest BCUT2D eigenvalue weighted by atomic mass is 35.5. The minimum Gasteiger partial charge on any atom is -0.433 e. The zero-order chi connectivity index (χ0) is 22.1. The van der Waals surface area contributed by atoms with E-state index in [1.54, 1.807) is 0 Å². The molecule has 1 N–H and O–H groups in total. The smallest absolute Gasteiger partial charge is 0.417 e. The van der Waals surface area contributed by atoms with Crippen molar-refractivity contribution in [3.05, 3.63) is 64.6 Å². The molecule has 0 radical (unpaired) electrons. The molecule has 30 heavy (non-hydrogen) atoms. The van der Waals surface area contributed by atoms with Crippen LogP contribution in [0.5, 0.6) is 5.75 Å². The van der Waals surface area contributed by atoms with Crippen LogP contribution in [0.1, 0.15) is 21.6 Å². The van der Waals surface area contributed by atoms with Crippen LogP contribution in [0.4, 0.5) is 27.6 Å². The fourth-order valence-electron chi connectivity index (χ4n) is 2.51. The van der Waals surface area contributed by atoms with Gasteiger partial charge in [-0.05, 0) is 37.3 Å². The number of anilines is 1. The lowest BCUT2D eigenvalue weighted by atomic mass is 10.2. The lowest BCUT2D eigenvalue weighted by Crippen LogP contribution is -2.13. The number of hydrogen-bond donors (Lipinski definition) is 1. The normalized spacial score (nSPS) is 11.6. The van der Waals surface area contributed by atoms with Crippen molar-refractivity contribution in [1.29, 1.82) is 0 Å². The van der Waals surface area contributed by atoms with Gasteiger partial charge in [-0.25, -0.2) is 9.67 Å². The molecular formula is C18H12ClF5N4O2. The molecule has 0 aliphatic heterocycles. The number of alkyl halides is 5. The lowest BCUT2D eigenvalue weighted by Gasteiger charge is -2.10. The van der Waals surface area contributed by atoms with Crippen LogP contribution in [0.15, 0.2) is 42.7 Å². The van der Waals surface area contributed by atoms with Gasteiger partial charge in [-0.1, -0.05) is 11.6 Å². The molecule has 3 aromatic rings. The minimum atomic E-state index is -4.52. The molecule has 0 saturated carbocycles. The summed E-state index contributed by atoms with van der Waals surface area (Å²) in [6, 6.07) is 5.71. The summed E-state index contributed by atoms with van der Waals surface area (Å²) in [5.74, 6) is -0.748. The molecule has 6 nitrogen and oxygen atoms in total. The molecule has 2 heterocycles. The van der Waals surface area contributed by atoms with Crippen molar-refractivity contribution < 1.29 is 31.5 Å². The first-order valence-electron chi connectivity index (χ1n) is 8.20. The van der Waals surface area contributed by atoms with Crippen molar-refractivity contribution in [3.8, 4) is 11.6 Å². The maximum Gasteiger partial charge on any atom is 0.417 e. The van der Waals surface area contributed by atoms with E-state index >= 15 is 0 Å². The van der Waals surface area contributed by atoms with Crippen molar-refractivity contribution in [2.75, 3.05) is 5.32 Å². The molecule has 2 aromatic heterocycles. The topological polar surface area (TPSA) is 69.0 Å². The molecule has 12 heteroatoms. The number of amides is 1. The highest BCUT2D eigenvalue weighted by Gasteiger charge is 2.30. The van der Waals surface area contributed by atoms with E-state index in [0.717, 1.165) is 12.1 Å². The van der Waals surface area contributed by atoms with Gasteiger partial charge in [0.2, 0.25) is 0 Å². The maximum absolute atomic E-state index is 12.7. The van der Waals surface area contributed by atoms with Gasteiger partial charge in [-0.2, -0.15) is 27.1 Å². The number of ether oxygens (including phenoxy) is 1. The molecule has 3 rings (SSSR count). The largest absolute Gasteiger partial charge is 0.433 e. The summed E-state index contributed by atoms with van der Waals surface area (Å²) in [5, 5.41) is 6.38. The first-order chi connectivity index (χ1) is 14.1. The molecular weight excluding hydrogens is 435 g/mol. The van der Waals surface area contributed by atoms with Gasteiger partial charge in [0.1, 0.15) is 5.75 Å². The Morgan fingerprint density at radius 2 is 1.93 bits per heavy atom. The summed E-state index contributed by atoms with van der Waals surface area (Å²) in [5.41, 5.74) is -0.249. The van der Waals surface area contributed by atoms with E-state index in [9.17, 15) is 26.7 Å². The standard InChI is InChI=1S/C18H12ClF5N4O2/c1-9-12(8-26-28(9)15-5-2-10(7-25-15)18(22,23)24)16(29)27-11-3-4-14(13(19)6-11)30-17(20)21/h2-8,17H,1H3,(H,27,29). The van der Waals surface area contributed by atoms with Crippen molar-refractivity contribution in [1.82, 2.24) is 14.8 Å². The van der Waals surface area contributed by atoms with Gasteiger partial charge in [-0.15, -0.1) is 0 Å². The van der Waals surface area contributed by atoms with Crippen LogP contribution < -0.4 is 10.1 Å². The number of pyridine rings is 1. The molecule has 1 amide bonds. The van der Waals surface area contributed by atoms with Gasteiger partial charge in [0, 0.05) is 11.9 Å². The Labute approximate surface area is 171 Å². The predicted molar refractivity (Wildman–Crippen MR) is 97.1 cm³/mol. The average Bonchev–Trinajstić information content (AvgIpc) is 3.04. The fourth-order valence-corrected chi connectivity index (χ4v) is 2.74. The number of nitrogens with zero attached hydrogens (tertiary/aromatic N) is 3. The summed E-state index contributed by atoms with van der Waals surface area (Å²) in [7, 11) is 0. The SMILES string of the molecule is Cc1c(C(=O)Nc2ccc(OC(F)F)c(Cl)c2)cnn1-c1ccc(C(F)(F)F)cn1. The Morgan fingerprint density at radius 1 is 1.20 bits per heavy atom. The van der Waals surface area contributed by atoms with E-state index in [2.05, 4.69) is 20.1 Å². The Balaban J connectivity index is 1.78. The predicted octanol–water partition coefficient (Wildman–Crippen LogP) is 5.10. The van der Waals surface area contributed by atoms with Gasteiger partial charge in [-0.3, -0.25) is 4.79 Å². The van der Waals surface area contributed by atoms with Crippen LogP contribution in [0.3, 0.4) is 0 Å². The van der Waals surface area contributed by atoms with Crippen LogP contribution in [-0.2, 0) is 6.18 Å². The number of carbonyl (C=O) groups is 1. The molecule has 0 fully saturated rings. The second-order valence-electron chi connectivity index (χ2n) is 5.94. The van der Waals surface area contributed by atoms with Gasteiger partial charge in [0.15, 0.2) is 5.82 Å². The third kappa shape index (κ3) is 4.67. The summed E-state index contributed by atoms with van der Waals surface area (Å²) in [6.45, 7) is -1.51. The van der Waals surface area contributed by atoms with Crippen molar-refractivity contribution in [2.45, 2.75) is 19.7 Å².